The maximum Gasteiger partial charge on any atom is 0.305 e. The number of esters is 1. The van der Waals surface area contributed by atoms with Gasteiger partial charge in [-0.15, -0.1) is 0 Å². The summed E-state index contributed by atoms with van der Waals surface area (Å²) < 4.78 is 5.48. The molecule has 2 unspecified atom stereocenters. The van der Waals surface area contributed by atoms with Crippen molar-refractivity contribution in [1.29, 1.82) is 0 Å². The number of carbonyl (C=O) groups excluding carboxylic acids is 2. The summed E-state index contributed by atoms with van der Waals surface area (Å²) in [5.74, 6) is -0.0736. The van der Waals surface area contributed by atoms with Gasteiger partial charge in [0.1, 0.15) is 0 Å². The van der Waals surface area contributed by atoms with Crippen LogP contribution in [0, 0.1) is 0 Å². The molecule has 0 spiro atoms. The van der Waals surface area contributed by atoms with Gasteiger partial charge in [-0.25, -0.2) is 0 Å². The van der Waals surface area contributed by atoms with Gasteiger partial charge in [-0.3, -0.25) is 9.59 Å². The Morgan fingerprint density at radius 1 is 0.386 bits per heavy atom. The van der Waals surface area contributed by atoms with Crippen LogP contribution in [0.1, 0.15) is 348 Å². The van der Waals surface area contributed by atoms with E-state index in [1.54, 1.807) is 0 Å². The third kappa shape index (κ3) is 55.7. The van der Waals surface area contributed by atoms with Crippen LogP contribution in [0.3, 0.4) is 0 Å². The Balaban J connectivity index is 3.47. The molecule has 0 aliphatic rings. The molecule has 414 valence electrons. The molecular formula is C64H123NO5. The molecule has 0 saturated carbocycles. The van der Waals surface area contributed by atoms with Crippen LogP contribution < -0.4 is 5.32 Å². The highest BCUT2D eigenvalue weighted by molar-refractivity contribution is 5.76. The number of carbonyl (C=O) groups is 2. The van der Waals surface area contributed by atoms with Crippen molar-refractivity contribution in [1.82, 2.24) is 5.32 Å². The Kier molecular flexibility index (Phi) is 58.5. The molecule has 0 heterocycles. The second kappa shape index (κ2) is 59.9. The normalized spacial score (nSPS) is 12.7. The van der Waals surface area contributed by atoms with Crippen molar-refractivity contribution in [3.63, 3.8) is 0 Å². The molecule has 0 aliphatic carbocycles. The van der Waals surface area contributed by atoms with Crippen LogP contribution in [0.2, 0.25) is 0 Å². The highest BCUT2D eigenvalue weighted by atomic mass is 16.5. The lowest BCUT2D eigenvalue weighted by atomic mass is 10.0. The molecule has 6 heteroatoms. The van der Waals surface area contributed by atoms with Crippen molar-refractivity contribution >= 4 is 11.9 Å². The molecule has 0 rings (SSSR count). The number of allylic oxidation sites excluding steroid dienone is 4. The molecule has 70 heavy (non-hydrogen) atoms. The van der Waals surface area contributed by atoms with Crippen molar-refractivity contribution in [2.45, 2.75) is 360 Å². The molecule has 6 nitrogen and oxygen atoms in total. The van der Waals surface area contributed by atoms with E-state index in [1.807, 2.05) is 0 Å². The summed E-state index contributed by atoms with van der Waals surface area (Å²) >= 11 is 0. The maximum absolute atomic E-state index is 12.5. The zero-order valence-electron chi connectivity index (χ0n) is 47.3. The molecule has 2 atom stereocenters. The van der Waals surface area contributed by atoms with Crippen molar-refractivity contribution in [3.05, 3.63) is 24.3 Å². The Labute approximate surface area is 437 Å². The predicted molar refractivity (Wildman–Crippen MR) is 306 cm³/mol. The van der Waals surface area contributed by atoms with Crippen LogP contribution in [0.4, 0.5) is 0 Å². The fourth-order valence-electron chi connectivity index (χ4n) is 9.87. The smallest absolute Gasteiger partial charge is 0.305 e. The van der Waals surface area contributed by atoms with E-state index in [1.165, 1.54) is 244 Å². The second-order valence-electron chi connectivity index (χ2n) is 21.7. The van der Waals surface area contributed by atoms with Crippen molar-refractivity contribution in [2.75, 3.05) is 13.2 Å². The first-order valence-electron chi connectivity index (χ1n) is 31.6. The van der Waals surface area contributed by atoms with Gasteiger partial charge in [0.15, 0.2) is 0 Å². The van der Waals surface area contributed by atoms with E-state index in [2.05, 4.69) is 43.5 Å². The summed E-state index contributed by atoms with van der Waals surface area (Å²) in [5, 5.41) is 23.3. The van der Waals surface area contributed by atoms with Gasteiger partial charge in [0, 0.05) is 12.8 Å². The lowest BCUT2D eigenvalue weighted by Gasteiger charge is -2.22. The summed E-state index contributed by atoms with van der Waals surface area (Å²) in [6, 6.07) is -0.563. The standard InChI is InChI=1S/C64H123NO5/c1-3-5-7-9-11-13-15-17-19-21-23-24-26-27-29-32-36-40-44-48-52-56-62(67)61(60-66)65-63(68)57-53-49-45-41-37-33-31-35-39-43-47-51-55-59-70-64(69)58-54-50-46-42-38-34-30-28-25-22-20-18-16-14-12-10-8-6-4-2/h18,20,33,37,61-62,66-67H,3-17,19,21-32,34-36,38-60H2,1-2H3,(H,65,68)/b20-18-,37-33-. The lowest BCUT2D eigenvalue weighted by molar-refractivity contribution is -0.143. The van der Waals surface area contributed by atoms with Gasteiger partial charge in [-0.2, -0.15) is 0 Å². The van der Waals surface area contributed by atoms with E-state index in [4.69, 9.17) is 4.74 Å². The largest absolute Gasteiger partial charge is 0.466 e. The number of rotatable bonds is 59. The summed E-state index contributed by atoms with van der Waals surface area (Å²) in [6.07, 6.45) is 73.3. The Bertz CT molecular complexity index is 1090. The average Bonchev–Trinajstić information content (AvgIpc) is 3.36. The Morgan fingerprint density at radius 2 is 0.671 bits per heavy atom. The molecule has 0 aliphatic heterocycles. The number of hydrogen-bond acceptors (Lipinski definition) is 5. The third-order valence-electron chi connectivity index (χ3n) is 14.7. The van der Waals surface area contributed by atoms with Crippen molar-refractivity contribution in [3.8, 4) is 0 Å². The van der Waals surface area contributed by atoms with Gasteiger partial charge >= 0.3 is 5.97 Å². The van der Waals surface area contributed by atoms with Gasteiger partial charge in [-0.1, -0.05) is 282 Å². The van der Waals surface area contributed by atoms with Crippen LogP contribution in [-0.2, 0) is 14.3 Å². The minimum atomic E-state index is -0.683. The molecule has 0 saturated heterocycles. The van der Waals surface area contributed by atoms with Gasteiger partial charge in [0.2, 0.25) is 5.91 Å². The maximum atomic E-state index is 12.5. The molecule has 0 aromatic carbocycles. The van der Waals surface area contributed by atoms with Gasteiger partial charge in [0.05, 0.1) is 25.4 Å². The summed E-state index contributed by atoms with van der Waals surface area (Å²) in [4.78, 5) is 24.6. The average molecular weight is 987 g/mol. The fourth-order valence-corrected chi connectivity index (χ4v) is 9.87. The summed E-state index contributed by atoms with van der Waals surface area (Å²) in [5.41, 5.74) is 0. The van der Waals surface area contributed by atoms with Gasteiger partial charge in [0.25, 0.3) is 0 Å². The number of ether oxygens (including phenoxy) is 1. The van der Waals surface area contributed by atoms with Crippen molar-refractivity contribution < 1.29 is 24.5 Å². The van der Waals surface area contributed by atoms with E-state index >= 15 is 0 Å². The first kappa shape index (κ1) is 68.3. The first-order valence-corrected chi connectivity index (χ1v) is 31.6. The zero-order chi connectivity index (χ0) is 50.7. The molecule has 0 bridgehead atoms. The summed E-state index contributed by atoms with van der Waals surface area (Å²) in [6.45, 7) is 4.93. The van der Waals surface area contributed by atoms with E-state index in [-0.39, 0.29) is 18.5 Å². The minimum absolute atomic E-state index is 0.0120. The topological polar surface area (TPSA) is 95.9 Å². The number of nitrogens with one attached hydrogen (secondary N) is 1. The number of hydrogen-bond donors (Lipinski definition) is 3. The van der Waals surface area contributed by atoms with Gasteiger partial charge in [-0.05, 0) is 77.0 Å². The summed E-state index contributed by atoms with van der Waals surface area (Å²) in [7, 11) is 0. The predicted octanol–water partition coefficient (Wildman–Crippen LogP) is 19.8. The lowest BCUT2D eigenvalue weighted by Crippen LogP contribution is -2.45. The fraction of sp³-hybridized carbons (Fsp3) is 0.906. The molecule has 1 amide bonds. The second-order valence-corrected chi connectivity index (χ2v) is 21.7. The zero-order valence-corrected chi connectivity index (χ0v) is 47.3. The first-order chi connectivity index (χ1) is 34.5. The van der Waals surface area contributed by atoms with Crippen LogP contribution in [-0.4, -0.2) is 47.4 Å². The van der Waals surface area contributed by atoms with E-state index < -0.39 is 12.1 Å². The van der Waals surface area contributed by atoms with Crippen LogP contribution in [0.25, 0.3) is 0 Å². The Hall–Kier alpha value is -1.66. The highest BCUT2D eigenvalue weighted by Gasteiger charge is 2.20. The molecule has 0 radical (unpaired) electrons. The van der Waals surface area contributed by atoms with Crippen LogP contribution in [0.5, 0.6) is 0 Å². The highest BCUT2D eigenvalue weighted by Crippen LogP contribution is 2.18. The molecular weight excluding hydrogens is 863 g/mol. The number of aliphatic hydroxyl groups excluding tert-OH is 2. The number of unbranched alkanes of at least 4 members (excludes halogenated alkanes) is 44. The Morgan fingerprint density at radius 3 is 1.03 bits per heavy atom. The number of amides is 1. The monoisotopic (exact) mass is 986 g/mol. The molecule has 0 aromatic rings. The van der Waals surface area contributed by atoms with Crippen LogP contribution in [0.15, 0.2) is 24.3 Å². The quantitative estimate of drug-likeness (QED) is 0.0321. The third-order valence-corrected chi connectivity index (χ3v) is 14.7. The SMILES string of the molecule is CCCCCCCC/C=C\CCCCCCCCCCCC(=O)OCCCCCCCC/C=C\CCCCCC(=O)NC(CO)C(O)CCCCCCCCCCCCCCCCCCCCCCC. The minimum Gasteiger partial charge on any atom is -0.466 e. The van der Waals surface area contributed by atoms with E-state index in [0.717, 1.165) is 70.6 Å². The van der Waals surface area contributed by atoms with E-state index in [0.29, 0.717) is 25.9 Å². The van der Waals surface area contributed by atoms with Gasteiger partial charge < -0.3 is 20.3 Å². The number of aliphatic hydroxyl groups is 2. The van der Waals surface area contributed by atoms with E-state index in [9.17, 15) is 19.8 Å². The van der Waals surface area contributed by atoms with Crippen LogP contribution >= 0.6 is 0 Å². The molecule has 3 N–H and O–H groups in total. The van der Waals surface area contributed by atoms with Crippen molar-refractivity contribution in [2.24, 2.45) is 0 Å². The molecule has 0 aromatic heterocycles. The molecule has 0 fully saturated rings.